The highest BCUT2D eigenvalue weighted by Gasteiger charge is 2.07. The molecular weight excluding hydrogens is 407 g/mol. The Morgan fingerprint density at radius 3 is 2.59 bits per heavy atom. The summed E-state index contributed by atoms with van der Waals surface area (Å²) in [7, 11) is 3.96. The van der Waals surface area contributed by atoms with Crippen LogP contribution in [0.4, 0.5) is 0 Å². The predicted molar refractivity (Wildman–Crippen MR) is 110 cm³/mol. The first-order valence-corrected chi connectivity index (χ1v) is 8.75. The number of guanidine groups is 1. The zero-order chi connectivity index (χ0) is 15.5. The van der Waals surface area contributed by atoms with Gasteiger partial charge in [0.05, 0.1) is 0 Å². The van der Waals surface area contributed by atoms with Gasteiger partial charge >= 0.3 is 0 Å². The van der Waals surface area contributed by atoms with Crippen LogP contribution in [0, 0.1) is 0 Å². The number of hydrogen-bond acceptors (Lipinski definition) is 3. The fraction of sp³-hybridized carbons (Fsp3) is 0.688. The third-order valence-corrected chi connectivity index (χ3v) is 4.48. The zero-order valence-electron chi connectivity index (χ0n) is 14.3. The maximum absolute atomic E-state index is 4.37. The molecule has 0 spiro atoms. The number of halogens is 1. The lowest BCUT2D eigenvalue weighted by Gasteiger charge is -2.24. The van der Waals surface area contributed by atoms with Gasteiger partial charge in [0, 0.05) is 38.6 Å². The van der Waals surface area contributed by atoms with Crippen molar-refractivity contribution in [2.45, 2.75) is 26.7 Å². The summed E-state index contributed by atoms with van der Waals surface area (Å²) in [4.78, 5) is 10.5. The molecule has 0 fully saturated rings. The smallest absolute Gasteiger partial charge is 0.193 e. The first kappa shape index (κ1) is 21.7. The molecule has 1 aromatic heterocycles. The first-order chi connectivity index (χ1) is 10.2. The number of nitrogens with one attached hydrogen (secondary N) is 1. The summed E-state index contributed by atoms with van der Waals surface area (Å²) >= 11 is 1.82. The fourth-order valence-corrected chi connectivity index (χ4v) is 2.99. The molecule has 22 heavy (non-hydrogen) atoms. The maximum atomic E-state index is 4.37. The van der Waals surface area contributed by atoms with Crippen molar-refractivity contribution in [2.24, 2.45) is 4.99 Å². The van der Waals surface area contributed by atoms with Gasteiger partial charge in [-0.05, 0) is 37.4 Å². The third-order valence-electron chi connectivity index (χ3n) is 3.55. The second kappa shape index (κ2) is 13.1. The minimum Gasteiger partial charge on any atom is -0.355 e. The number of thiophene rings is 1. The van der Waals surface area contributed by atoms with E-state index >= 15 is 0 Å². The molecule has 0 aromatic carbocycles. The summed E-state index contributed by atoms with van der Waals surface area (Å²) in [5, 5.41) is 5.59. The molecule has 0 aliphatic carbocycles. The molecule has 0 unspecified atom stereocenters. The minimum atomic E-state index is 0. The van der Waals surface area contributed by atoms with Crippen LogP contribution in [0.1, 0.15) is 25.1 Å². The Labute approximate surface area is 157 Å². The lowest BCUT2D eigenvalue weighted by molar-refractivity contribution is 0.291. The molecule has 0 aliphatic rings. The van der Waals surface area contributed by atoms with Gasteiger partial charge in [0.15, 0.2) is 5.96 Å². The molecule has 1 aromatic rings. The molecule has 128 valence electrons. The van der Waals surface area contributed by atoms with Crippen LogP contribution in [-0.2, 0) is 6.42 Å². The quantitative estimate of drug-likeness (QED) is 0.365. The highest BCUT2D eigenvalue weighted by molar-refractivity contribution is 14.0. The number of rotatable bonds is 9. The first-order valence-electron chi connectivity index (χ1n) is 7.87. The van der Waals surface area contributed by atoms with Gasteiger partial charge in [0.2, 0.25) is 0 Å². The van der Waals surface area contributed by atoms with Gasteiger partial charge in [-0.15, -0.1) is 35.3 Å². The molecule has 0 aliphatic heterocycles. The molecule has 0 saturated carbocycles. The van der Waals surface area contributed by atoms with Crippen molar-refractivity contribution in [3.8, 4) is 0 Å². The lowest BCUT2D eigenvalue weighted by Crippen LogP contribution is -2.43. The van der Waals surface area contributed by atoms with Gasteiger partial charge in [-0.3, -0.25) is 4.99 Å². The van der Waals surface area contributed by atoms with Crippen molar-refractivity contribution in [2.75, 3.05) is 46.8 Å². The highest BCUT2D eigenvalue weighted by atomic mass is 127. The molecule has 6 heteroatoms. The second-order valence-electron chi connectivity index (χ2n) is 5.16. The standard InChI is InChI=1S/C16H30N4S.HI/c1-5-11-20(6-2)13-10-18-16(17-3)19(4)12-9-15-8-7-14-21-15;/h7-8,14H,5-6,9-13H2,1-4H3,(H,17,18);1H. The van der Waals surface area contributed by atoms with Crippen molar-refractivity contribution >= 4 is 41.3 Å². The van der Waals surface area contributed by atoms with Crippen LogP contribution in [0.15, 0.2) is 22.5 Å². The van der Waals surface area contributed by atoms with Gasteiger partial charge in [-0.25, -0.2) is 0 Å². The molecule has 0 amide bonds. The number of hydrogen-bond donors (Lipinski definition) is 1. The van der Waals surface area contributed by atoms with Gasteiger partial charge in [0.25, 0.3) is 0 Å². The van der Waals surface area contributed by atoms with E-state index in [0.29, 0.717) is 0 Å². The molecule has 0 atom stereocenters. The molecule has 0 bridgehead atoms. The Morgan fingerprint density at radius 1 is 1.27 bits per heavy atom. The van der Waals surface area contributed by atoms with E-state index in [4.69, 9.17) is 0 Å². The van der Waals surface area contributed by atoms with Gasteiger partial charge in [0.1, 0.15) is 0 Å². The van der Waals surface area contributed by atoms with E-state index in [1.807, 2.05) is 18.4 Å². The minimum absolute atomic E-state index is 0. The van der Waals surface area contributed by atoms with Crippen LogP contribution >= 0.6 is 35.3 Å². The summed E-state index contributed by atoms with van der Waals surface area (Å²) in [6.07, 6.45) is 2.29. The average molecular weight is 438 g/mol. The summed E-state index contributed by atoms with van der Waals surface area (Å²) < 4.78 is 0. The van der Waals surface area contributed by atoms with Crippen LogP contribution in [0.2, 0.25) is 0 Å². The molecule has 4 nitrogen and oxygen atoms in total. The van der Waals surface area contributed by atoms with Gasteiger partial charge in [-0.2, -0.15) is 0 Å². The Balaban J connectivity index is 0.00000441. The van der Waals surface area contributed by atoms with Crippen LogP contribution in [0.3, 0.4) is 0 Å². The van der Waals surface area contributed by atoms with Crippen molar-refractivity contribution in [3.05, 3.63) is 22.4 Å². The molecule has 0 radical (unpaired) electrons. The Morgan fingerprint density at radius 2 is 2.05 bits per heavy atom. The van der Waals surface area contributed by atoms with Crippen LogP contribution in [-0.4, -0.2) is 62.6 Å². The number of aliphatic imine (C=N–C) groups is 1. The van der Waals surface area contributed by atoms with E-state index in [1.54, 1.807) is 0 Å². The van der Waals surface area contributed by atoms with Crippen LogP contribution < -0.4 is 5.32 Å². The normalized spacial score (nSPS) is 11.4. The zero-order valence-corrected chi connectivity index (χ0v) is 17.5. The third kappa shape index (κ3) is 8.33. The molecule has 1 rings (SSSR count). The van der Waals surface area contributed by atoms with Crippen molar-refractivity contribution < 1.29 is 0 Å². The molecule has 0 saturated heterocycles. The monoisotopic (exact) mass is 438 g/mol. The number of nitrogens with zero attached hydrogens (tertiary/aromatic N) is 3. The maximum Gasteiger partial charge on any atom is 0.193 e. The van der Waals surface area contributed by atoms with Crippen molar-refractivity contribution in [3.63, 3.8) is 0 Å². The largest absolute Gasteiger partial charge is 0.355 e. The summed E-state index contributed by atoms with van der Waals surface area (Å²) in [6.45, 7) is 9.75. The predicted octanol–water partition coefficient (Wildman–Crippen LogP) is 3.15. The molecule has 1 N–H and O–H groups in total. The molecular formula is C16H31IN4S. The van der Waals surface area contributed by atoms with Crippen molar-refractivity contribution in [1.82, 2.24) is 15.1 Å². The lowest BCUT2D eigenvalue weighted by atomic mass is 10.3. The topological polar surface area (TPSA) is 30.9 Å². The SMILES string of the molecule is CCCN(CC)CCNC(=NC)N(C)CCc1cccs1.I. The van der Waals surface area contributed by atoms with Crippen LogP contribution in [0.5, 0.6) is 0 Å². The van der Waals surface area contributed by atoms with E-state index < -0.39 is 0 Å². The Kier molecular flexibility index (Phi) is 12.9. The summed E-state index contributed by atoms with van der Waals surface area (Å²) in [6, 6.07) is 4.30. The van der Waals surface area contributed by atoms with E-state index in [9.17, 15) is 0 Å². The van der Waals surface area contributed by atoms with Gasteiger partial charge < -0.3 is 15.1 Å². The Hall–Kier alpha value is -0.340. The van der Waals surface area contributed by atoms with Gasteiger partial charge in [-0.1, -0.05) is 19.9 Å². The van der Waals surface area contributed by atoms with E-state index in [0.717, 1.165) is 38.6 Å². The average Bonchev–Trinajstić information content (AvgIpc) is 3.01. The van der Waals surface area contributed by atoms with E-state index in [2.05, 4.69) is 58.5 Å². The number of likely N-dealkylation sites (N-methyl/N-ethyl adjacent to an activating group) is 2. The highest BCUT2D eigenvalue weighted by Crippen LogP contribution is 2.09. The molecule has 1 heterocycles. The van der Waals surface area contributed by atoms with E-state index in [-0.39, 0.29) is 24.0 Å². The summed E-state index contributed by atoms with van der Waals surface area (Å²) in [5.74, 6) is 0.985. The van der Waals surface area contributed by atoms with Crippen LogP contribution in [0.25, 0.3) is 0 Å². The fourth-order valence-electron chi connectivity index (χ4n) is 2.29. The Bertz CT molecular complexity index is 395. The van der Waals surface area contributed by atoms with Crippen molar-refractivity contribution in [1.29, 1.82) is 0 Å². The summed E-state index contributed by atoms with van der Waals surface area (Å²) in [5.41, 5.74) is 0. The second-order valence-corrected chi connectivity index (χ2v) is 6.19. The van der Waals surface area contributed by atoms with E-state index in [1.165, 1.54) is 17.8 Å².